The summed E-state index contributed by atoms with van der Waals surface area (Å²) in [5.74, 6) is 0.0667. The van der Waals surface area contributed by atoms with Gasteiger partial charge in [0, 0.05) is 37.1 Å². The highest BCUT2D eigenvalue weighted by molar-refractivity contribution is 5.97. The highest BCUT2D eigenvalue weighted by Gasteiger charge is 2.27. The van der Waals surface area contributed by atoms with Gasteiger partial charge >= 0.3 is 0 Å². The maximum atomic E-state index is 12.7. The van der Waals surface area contributed by atoms with Crippen molar-refractivity contribution in [1.82, 2.24) is 19.9 Å². The molecule has 4 rings (SSSR count). The summed E-state index contributed by atoms with van der Waals surface area (Å²) in [6, 6.07) is 9.74. The standard InChI is InChI=1S/C17H17N5O/c23-17(12-3-4-15-16(8-12)20-11-19-15)22-7-5-14(10-22)21-13-2-1-6-18-9-13/h1-4,6,8-9,11,14,21H,5,7,10H2,(H,19,20). The number of nitrogens with one attached hydrogen (secondary N) is 2. The summed E-state index contributed by atoms with van der Waals surface area (Å²) in [5, 5.41) is 3.43. The van der Waals surface area contributed by atoms with Crippen LogP contribution in [0.5, 0.6) is 0 Å². The number of rotatable bonds is 3. The van der Waals surface area contributed by atoms with E-state index in [1.807, 2.05) is 35.2 Å². The summed E-state index contributed by atoms with van der Waals surface area (Å²) in [6.45, 7) is 1.46. The molecule has 0 spiro atoms. The first-order valence-electron chi connectivity index (χ1n) is 7.68. The lowest BCUT2D eigenvalue weighted by atomic mass is 10.2. The first-order valence-corrected chi connectivity index (χ1v) is 7.68. The number of nitrogens with zero attached hydrogens (tertiary/aromatic N) is 3. The van der Waals surface area contributed by atoms with Crippen LogP contribution in [-0.2, 0) is 0 Å². The van der Waals surface area contributed by atoms with E-state index in [9.17, 15) is 4.79 Å². The van der Waals surface area contributed by atoms with Gasteiger partial charge in [-0.25, -0.2) is 4.98 Å². The van der Waals surface area contributed by atoms with E-state index >= 15 is 0 Å². The van der Waals surface area contributed by atoms with Crippen molar-refractivity contribution in [3.8, 4) is 0 Å². The number of carbonyl (C=O) groups is 1. The number of hydrogen-bond donors (Lipinski definition) is 2. The van der Waals surface area contributed by atoms with Crippen molar-refractivity contribution in [2.45, 2.75) is 12.5 Å². The third-order valence-electron chi connectivity index (χ3n) is 4.17. The van der Waals surface area contributed by atoms with Gasteiger partial charge in [0.25, 0.3) is 5.91 Å². The van der Waals surface area contributed by atoms with Crippen molar-refractivity contribution in [3.05, 3.63) is 54.6 Å². The Hall–Kier alpha value is -2.89. The Bertz CT molecular complexity index is 829. The number of likely N-dealkylation sites (tertiary alicyclic amines) is 1. The van der Waals surface area contributed by atoms with Gasteiger partial charge in [-0.1, -0.05) is 0 Å². The van der Waals surface area contributed by atoms with Gasteiger partial charge in [0.2, 0.25) is 0 Å². The smallest absolute Gasteiger partial charge is 0.254 e. The molecular weight excluding hydrogens is 290 g/mol. The Morgan fingerprint density at radius 2 is 2.30 bits per heavy atom. The second kappa shape index (κ2) is 5.72. The van der Waals surface area contributed by atoms with E-state index in [4.69, 9.17) is 0 Å². The molecule has 0 saturated carbocycles. The molecule has 3 heterocycles. The van der Waals surface area contributed by atoms with Gasteiger partial charge in [0.05, 0.1) is 23.0 Å². The van der Waals surface area contributed by atoms with Gasteiger partial charge in [-0.3, -0.25) is 9.78 Å². The van der Waals surface area contributed by atoms with Crippen molar-refractivity contribution in [3.63, 3.8) is 0 Å². The average Bonchev–Trinajstić information content (AvgIpc) is 3.23. The predicted molar refractivity (Wildman–Crippen MR) is 88.3 cm³/mol. The number of hydrogen-bond acceptors (Lipinski definition) is 4. The summed E-state index contributed by atoms with van der Waals surface area (Å²) in [7, 11) is 0. The van der Waals surface area contributed by atoms with Crippen LogP contribution in [0.25, 0.3) is 11.0 Å². The summed E-state index contributed by atoms with van der Waals surface area (Å²) in [4.78, 5) is 25.9. The van der Waals surface area contributed by atoms with E-state index in [2.05, 4.69) is 20.3 Å². The molecule has 1 atom stereocenters. The Morgan fingerprint density at radius 1 is 1.35 bits per heavy atom. The van der Waals surface area contributed by atoms with Gasteiger partial charge in [-0.2, -0.15) is 0 Å². The minimum Gasteiger partial charge on any atom is -0.379 e. The van der Waals surface area contributed by atoms with Crippen LogP contribution in [0.3, 0.4) is 0 Å². The highest BCUT2D eigenvalue weighted by Crippen LogP contribution is 2.19. The summed E-state index contributed by atoms with van der Waals surface area (Å²) in [5.41, 5.74) is 3.45. The minimum atomic E-state index is 0.0667. The molecule has 1 saturated heterocycles. The number of anilines is 1. The lowest BCUT2D eigenvalue weighted by Crippen LogP contribution is -2.31. The Labute approximate surface area is 133 Å². The first-order chi connectivity index (χ1) is 11.3. The molecule has 1 unspecified atom stereocenters. The van der Waals surface area contributed by atoms with Crippen LogP contribution in [0.2, 0.25) is 0 Å². The molecular formula is C17H17N5O. The normalized spacial score (nSPS) is 17.6. The molecule has 2 aromatic heterocycles. The Morgan fingerprint density at radius 3 is 3.17 bits per heavy atom. The van der Waals surface area contributed by atoms with Gasteiger partial charge in [0.15, 0.2) is 0 Å². The van der Waals surface area contributed by atoms with Gasteiger partial charge in [-0.05, 0) is 36.8 Å². The minimum absolute atomic E-state index is 0.0667. The maximum absolute atomic E-state index is 12.7. The Balaban J connectivity index is 1.45. The number of benzene rings is 1. The fourth-order valence-electron chi connectivity index (χ4n) is 3.00. The molecule has 116 valence electrons. The van der Waals surface area contributed by atoms with E-state index in [0.717, 1.165) is 29.7 Å². The van der Waals surface area contributed by atoms with E-state index in [1.54, 1.807) is 18.7 Å². The molecule has 1 aromatic carbocycles. The second-order valence-corrected chi connectivity index (χ2v) is 5.76. The lowest BCUT2D eigenvalue weighted by molar-refractivity contribution is 0.0792. The molecule has 6 heteroatoms. The topological polar surface area (TPSA) is 73.9 Å². The molecule has 1 amide bonds. The van der Waals surface area contributed by atoms with Crippen molar-refractivity contribution in [2.24, 2.45) is 0 Å². The molecule has 3 aromatic rings. The van der Waals surface area contributed by atoms with E-state index < -0.39 is 0 Å². The second-order valence-electron chi connectivity index (χ2n) is 5.76. The molecule has 6 nitrogen and oxygen atoms in total. The summed E-state index contributed by atoms with van der Waals surface area (Å²) in [6.07, 6.45) is 6.13. The summed E-state index contributed by atoms with van der Waals surface area (Å²) < 4.78 is 0. The number of imidazole rings is 1. The van der Waals surface area contributed by atoms with E-state index in [1.165, 1.54) is 0 Å². The number of aromatic nitrogens is 3. The van der Waals surface area contributed by atoms with Crippen LogP contribution in [-0.4, -0.2) is 44.9 Å². The van der Waals surface area contributed by atoms with Crippen LogP contribution in [0.15, 0.2) is 49.1 Å². The molecule has 2 N–H and O–H groups in total. The largest absolute Gasteiger partial charge is 0.379 e. The monoisotopic (exact) mass is 307 g/mol. The number of H-pyrrole nitrogens is 1. The average molecular weight is 307 g/mol. The number of pyridine rings is 1. The zero-order valence-electron chi connectivity index (χ0n) is 12.6. The number of aromatic amines is 1. The van der Waals surface area contributed by atoms with Crippen LogP contribution in [0.1, 0.15) is 16.8 Å². The van der Waals surface area contributed by atoms with Crippen molar-refractivity contribution in [2.75, 3.05) is 18.4 Å². The van der Waals surface area contributed by atoms with Gasteiger partial charge in [-0.15, -0.1) is 0 Å². The van der Waals surface area contributed by atoms with Crippen molar-refractivity contribution < 1.29 is 4.79 Å². The van der Waals surface area contributed by atoms with E-state index in [-0.39, 0.29) is 11.9 Å². The van der Waals surface area contributed by atoms with Gasteiger partial charge < -0.3 is 15.2 Å². The number of amides is 1. The number of fused-ring (bicyclic) bond motifs is 1. The van der Waals surface area contributed by atoms with Crippen LogP contribution in [0.4, 0.5) is 5.69 Å². The van der Waals surface area contributed by atoms with Crippen LogP contribution in [0, 0.1) is 0 Å². The Kier molecular flexibility index (Phi) is 3.42. The zero-order valence-corrected chi connectivity index (χ0v) is 12.6. The predicted octanol–water partition coefficient (Wildman–Crippen LogP) is 2.28. The fraction of sp³-hybridized carbons (Fsp3) is 0.235. The zero-order chi connectivity index (χ0) is 15.6. The molecule has 23 heavy (non-hydrogen) atoms. The van der Waals surface area contributed by atoms with Crippen LogP contribution < -0.4 is 5.32 Å². The number of carbonyl (C=O) groups excluding carboxylic acids is 1. The van der Waals surface area contributed by atoms with E-state index in [0.29, 0.717) is 12.1 Å². The van der Waals surface area contributed by atoms with Crippen LogP contribution >= 0.6 is 0 Å². The van der Waals surface area contributed by atoms with Crippen molar-refractivity contribution >= 4 is 22.6 Å². The SMILES string of the molecule is O=C(c1ccc2nc[nH]c2c1)N1CCC(Nc2cccnc2)C1. The maximum Gasteiger partial charge on any atom is 0.254 e. The van der Waals surface area contributed by atoms with Gasteiger partial charge in [0.1, 0.15) is 0 Å². The van der Waals surface area contributed by atoms with Crippen molar-refractivity contribution in [1.29, 1.82) is 0 Å². The molecule has 1 aliphatic rings. The quantitative estimate of drug-likeness (QED) is 0.778. The molecule has 0 radical (unpaired) electrons. The first kappa shape index (κ1) is 13.8. The fourth-order valence-corrected chi connectivity index (χ4v) is 3.00. The molecule has 0 aliphatic carbocycles. The third kappa shape index (κ3) is 2.75. The molecule has 1 aliphatic heterocycles. The highest BCUT2D eigenvalue weighted by atomic mass is 16.2. The summed E-state index contributed by atoms with van der Waals surface area (Å²) >= 11 is 0. The third-order valence-corrected chi connectivity index (χ3v) is 4.17. The molecule has 0 bridgehead atoms. The lowest BCUT2D eigenvalue weighted by Gasteiger charge is -2.17. The molecule has 1 fully saturated rings.